The predicted octanol–water partition coefficient (Wildman–Crippen LogP) is -0.229. The molecule has 7 nitrogen and oxygen atoms in total. The van der Waals surface area contributed by atoms with Crippen LogP contribution in [0.1, 0.15) is 26.2 Å². The lowest BCUT2D eigenvalue weighted by Gasteiger charge is -2.21. The Morgan fingerprint density at radius 2 is 1.89 bits per heavy atom. The van der Waals surface area contributed by atoms with E-state index >= 15 is 0 Å². The molecule has 1 atom stereocenters. The van der Waals surface area contributed by atoms with Gasteiger partial charge in [0.1, 0.15) is 6.04 Å². The lowest BCUT2D eigenvalue weighted by atomic mass is 10.3. The molecule has 1 aliphatic heterocycles. The molecular formula is C11H19N3O4. The van der Waals surface area contributed by atoms with E-state index in [1.165, 1.54) is 0 Å². The smallest absolute Gasteiger partial charge is 0.315 e. The van der Waals surface area contributed by atoms with Crippen molar-refractivity contribution < 1.29 is 19.5 Å². The molecule has 1 rings (SSSR count). The Morgan fingerprint density at radius 3 is 2.44 bits per heavy atom. The van der Waals surface area contributed by atoms with Gasteiger partial charge in [0, 0.05) is 19.6 Å². The fourth-order valence-electron chi connectivity index (χ4n) is 1.80. The van der Waals surface area contributed by atoms with Gasteiger partial charge in [-0.15, -0.1) is 0 Å². The van der Waals surface area contributed by atoms with Crippen molar-refractivity contribution in [2.75, 3.05) is 19.6 Å². The summed E-state index contributed by atoms with van der Waals surface area (Å²) in [5.41, 5.74) is 0. The average molecular weight is 257 g/mol. The number of hydrogen-bond donors (Lipinski definition) is 3. The molecule has 18 heavy (non-hydrogen) atoms. The molecule has 0 aromatic rings. The number of carbonyl (C=O) groups is 3. The van der Waals surface area contributed by atoms with Crippen molar-refractivity contribution in [2.45, 2.75) is 32.2 Å². The van der Waals surface area contributed by atoms with Crippen LogP contribution in [0.5, 0.6) is 0 Å². The van der Waals surface area contributed by atoms with Gasteiger partial charge < -0.3 is 20.6 Å². The molecule has 1 fully saturated rings. The zero-order valence-electron chi connectivity index (χ0n) is 10.4. The quantitative estimate of drug-likeness (QED) is 0.633. The Balaban J connectivity index is 2.25. The summed E-state index contributed by atoms with van der Waals surface area (Å²) in [6.45, 7) is 3.15. The number of amides is 3. The number of aliphatic carboxylic acids is 1. The number of nitrogens with one attached hydrogen (secondary N) is 2. The van der Waals surface area contributed by atoms with Crippen LogP contribution in [0.3, 0.4) is 0 Å². The van der Waals surface area contributed by atoms with Crippen molar-refractivity contribution in [3.63, 3.8) is 0 Å². The van der Waals surface area contributed by atoms with Gasteiger partial charge in [0.25, 0.3) is 0 Å². The van der Waals surface area contributed by atoms with Gasteiger partial charge in [-0.1, -0.05) is 0 Å². The summed E-state index contributed by atoms with van der Waals surface area (Å²) in [5, 5.41) is 13.3. The highest BCUT2D eigenvalue weighted by molar-refractivity contribution is 5.86. The van der Waals surface area contributed by atoms with E-state index in [2.05, 4.69) is 10.6 Å². The van der Waals surface area contributed by atoms with E-state index in [0.717, 1.165) is 25.9 Å². The monoisotopic (exact) mass is 257 g/mol. The summed E-state index contributed by atoms with van der Waals surface area (Å²) in [6, 6.07) is -1.11. The normalized spacial score (nSPS) is 16.2. The molecule has 3 N–H and O–H groups in total. The number of urea groups is 1. The van der Waals surface area contributed by atoms with E-state index in [0.29, 0.717) is 0 Å². The van der Waals surface area contributed by atoms with Gasteiger partial charge in [0.15, 0.2) is 0 Å². The Bertz CT molecular complexity index is 326. The molecule has 3 amide bonds. The molecule has 7 heteroatoms. The van der Waals surface area contributed by atoms with Crippen molar-refractivity contribution >= 4 is 17.9 Å². The van der Waals surface area contributed by atoms with E-state index in [4.69, 9.17) is 5.11 Å². The van der Waals surface area contributed by atoms with Crippen molar-refractivity contribution in [2.24, 2.45) is 0 Å². The van der Waals surface area contributed by atoms with Gasteiger partial charge in [-0.2, -0.15) is 0 Å². The Hall–Kier alpha value is -1.79. The maximum absolute atomic E-state index is 11.9. The van der Waals surface area contributed by atoms with E-state index in [9.17, 15) is 14.4 Å². The summed E-state index contributed by atoms with van der Waals surface area (Å²) >= 11 is 0. The second kappa shape index (κ2) is 6.83. The van der Waals surface area contributed by atoms with Crippen LogP contribution in [-0.2, 0) is 9.59 Å². The molecule has 0 saturated carbocycles. The van der Waals surface area contributed by atoms with Gasteiger partial charge in [-0.3, -0.25) is 9.59 Å². The third-order valence-corrected chi connectivity index (χ3v) is 2.76. The molecule has 102 valence electrons. The number of carboxylic acid groups (broad SMARTS) is 1. The van der Waals surface area contributed by atoms with Crippen LogP contribution in [0.4, 0.5) is 4.79 Å². The first-order valence-electron chi connectivity index (χ1n) is 6.05. The van der Waals surface area contributed by atoms with Crippen LogP contribution >= 0.6 is 0 Å². The van der Waals surface area contributed by atoms with E-state index in [1.807, 2.05) is 0 Å². The summed E-state index contributed by atoms with van der Waals surface area (Å²) in [7, 11) is 0. The maximum atomic E-state index is 11.9. The first kappa shape index (κ1) is 14.3. The lowest BCUT2D eigenvalue weighted by molar-refractivity contribution is -0.137. The van der Waals surface area contributed by atoms with E-state index in [1.54, 1.807) is 11.8 Å². The van der Waals surface area contributed by atoms with Crippen molar-refractivity contribution in [3.05, 3.63) is 0 Å². The Kier molecular flexibility index (Phi) is 5.41. The van der Waals surface area contributed by atoms with Crippen LogP contribution in [-0.4, -0.2) is 53.6 Å². The van der Waals surface area contributed by atoms with Crippen LogP contribution in [0.25, 0.3) is 0 Å². The molecule has 1 saturated heterocycles. The minimum absolute atomic E-state index is 0.0474. The third-order valence-electron chi connectivity index (χ3n) is 2.76. The standard InChI is InChI=1S/C11H19N3O4/c1-8(10(17)14-6-2-3-7-14)13-11(18)12-5-4-9(15)16/h8H,2-7H2,1H3,(H,15,16)(H2,12,13,18). The molecule has 1 heterocycles. The largest absolute Gasteiger partial charge is 0.481 e. The molecule has 0 aromatic carbocycles. The van der Waals surface area contributed by atoms with Gasteiger partial charge in [-0.25, -0.2) is 4.79 Å². The summed E-state index contributed by atoms with van der Waals surface area (Å²) < 4.78 is 0. The second-order valence-corrected chi connectivity index (χ2v) is 4.30. The Labute approximate surface area is 106 Å². The molecule has 0 bridgehead atoms. The highest BCUT2D eigenvalue weighted by Gasteiger charge is 2.24. The summed E-state index contributed by atoms with van der Waals surface area (Å²) in [5.74, 6) is -1.07. The summed E-state index contributed by atoms with van der Waals surface area (Å²) in [6.07, 6.45) is 1.87. The van der Waals surface area contributed by atoms with Crippen LogP contribution in [0.15, 0.2) is 0 Å². The third kappa shape index (κ3) is 4.60. The molecule has 0 aromatic heterocycles. The average Bonchev–Trinajstić information content (AvgIpc) is 2.80. The van der Waals surface area contributed by atoms with Crippen LogP contribution < -0.4 is 10.6 Å². The lowest BCUT2D eigenvalue weighted by Crippen LogP contribution is -2.49. The van der Waals surface area contributed by atoms with Crippen molar-refractivity contribution in [1.82, 2.24) is 15.5 Å². The van der Waals surface area contributed by atoms with Crippen molar-refractivity contribution in [3.8, 4) is 0 Å². The topological polar surface area (TPSA) is 98.7 Å². The minimum atomic E-state index is -0.975. The number of likely N-dealkylation sites (tertiary alicyclic amines) is 1. The minimum Gasteiger partial charge on any atom is -0.481 e. The SMILES string of the molecule is CC(NC(=O)NCCC(=O)O)C(=O)N1CCCC1. The number of carboxylic acids is 1. The van der Waals surface area contributed by atoms with E-state index in [-0.39, 0.29) is 18.9 Å². The van der Waals surface area contributed by atoms with Crippen LogP contribution in [0, 0.1) is 0 Å². The summed E-state index contributed by atoms with van der Waals surface area (Å²) in [4.78, 5) is 35.2. The molecule has 1 aliphatic rings. The zero-order chi connectivity index (χ0) is 13.5. The molecule has 0 spiro atoms. The molecule has 0 aliphatic carbocycles. The van der Waals surface area contributed by atoms with Gasteiger partial charge in [0.05, 0.1) is 6.42 Å². The second-order valence-electron chi connectivity index (χ2n) is 4.30. The predicted molar refractivity (Wildman–Crippen MR) is 64.1 cm³/mol. The zero-order valence-corrected chi connectivity index (χ0v) is 10.4. The highest BCUT2D eigenvalue weighted by Crippen LogP contribution is 2.08. The molecular weight excluding hydrogens is 238 g/mol. The number of carbonyl (C=O) groups excluding carboxylic acids is 2. The van der Waals surface area contributed by atoms with Gasteiger partial charge in [-0.05, 0) is 19.8 Å². The highest BCUT2D eigenvalue weighted by atomic mass is 16.4. The van der Waals surface area contributed by atoms with Gasteiger partial charge >= 0.3 is 12.0 Å². The van der Waals surface area contributed by atoms with E-state index < -0.39 is 18.0 Å². The molecule has 1 unspecified atom stereocenters. The fourth-order valence-corrected chi connectivity index (χ4v) is 1.80. The first-order chi connectivity index (χ1) is 8.50. The molecule has 0 radical (unpaired) electrons. The number of rotatable bonds is 5. The van der Waals surface area contributed by atoms with Gasteiger partial charge in [0.2, 0.25) is 5.91 Å². The Morgan fingerprint density at radius 1 is 1.28 bits per heavy atom. The maximum Gasteiger partial charge on any atom is 0.315 e. The number of nitrogens with zero attached hydrogens (tertiary/aromatic N) is 1. The van der Waals surface area contributed by atoms with Crippen molar-refractivity contribution in [1.29, 1.82) is 0 Å². The number of hydrogen-bond acceptors (Lipinski definition) is 3. The van der Waals surface area contributed by atoms with Crippen LogP contribution in [0.2, 0.25) is 0 Å². The fraction of sp³-hybridized carbons (Fsp3) is 0.727. The first-order valence-corrected chi connectivity index (χ1v) is 6.05.